The maximum Gasteiger partial charge on any atom is 0.307 e. The van der Waals surface area contributed by atoms with Crippen LogP contribution in [0.25, 0.3) is 0 Å². The number of amides is 1. The molecule has 0 spiro atoms. The molecule has 1 N–H and O–H groups in total. The van der Waals surface area contributed by atoms with Crippen LogP contribution in [0.2, 0.25) is 0 Å². The molecule has 1 aliphatic heterocycles. The van der Waals surface area contributed by atoms with Gasteiger partial charge in [0.25, 0.3) is 0 Å². The minimum Gasteiger partial charge on any atom is -0.481 e. The lowest BCUT2D eigenvalue weighted by Crippen LogP contribution is -2.46. The van der Waals surface area contributed by atoms with Crippen molar-refractivity contribution in [1.29, 1.82) is 0 Å². The van der Waals surface area contributed by atoms with Crippen molar-refractivity contribution in [3.05, 3.63) is 0 Å². The van der Waals surface area contributed by atoms with Gasteiger partial charge in [0.1, 0.15) is 0 Å². The first-order valence-corrected chi connectivity index (χ1v) is 5.08. The number of likely N-dealkylation sites (tertiary alicyclic amines) is 1. The van der Waals surface area contributed by atoms with Crippen LogP contribution in [0, 0.1) is 17.8 Å². The summed E-state index contributed by atoms with van der Waals surface area (Å²) in [6.07, 6.45) is 1.93. The maximum absolute atomic E-state index is 11.2. The predicted octanol–water partition coefficient (Wildman–Crippen LogP) is 0.575. The van der Waals surface area contributed by atoms with E-state index in [4.69, 9.17) is 5.11 Å². The number of hydrogen-bond acceptors (Lipinski definition) is 2. The molecule has 1 heterocycles. The molecular formula is C10H15NO3. The summed E-state index contributed by atoms with van der Waals surface area (Å²) in [5, 5.41) is 9.04. The molecule has 1 saturated heterocycles. The Morgan fingerprint density at radius 2 is 1.71 bits per heavy atom. The lowest BCUT2D eigenvalue weighted by atomic mass is 9.85. The van der Waals surface area contributed by atoms with E-state index in [1.165, 1.54) is 0 Å². The summed E-state index contributed by atoms with van der Waals surface area (Å²) in [7, 11) is 0. The predicted molar refractivity (Wildman–Crippen MR) is 49.6 cm³/mol. The van der Waals surface area contributed by atoms with Crippen LogP contribution < -0.4 is 0 Å². The lowest BCUT2D eigenvalue weighted by Gasteiger charge is -2.35. The van der Waals surface area contributed by atoms with Crippen molar-refractivity contribution in [2.45, 2.75) is 19.8 Å². The fourth-order valence-corrected chi connectivity index (χ4v) is 2.88. The highest BCUT2D eigenvalue weighted by molar-refractivity contribution is 5.75. The Hall–Kier alpha value is -1.06. The molecule has 78 valence electrons. The molecule has 4 heteroatoms. The highest BCUT2D eigenvalue weighted by atomic mass is 16.4. The molecule has 1 aliphatic carbocycles. The van der Waals surface area contributed by atoms with Gasteiger partial charge >= 0.3 is 5.97 Å². The van der Waals surface area contributed by atoms with E-state index in [9.17, 15) is 9.59 Å². The third kappa shape index (κ3) is 1.38. The zero-order valence-corrected chi connectivity index (χ0v) is 8.27. The van der Waals surface area contributed by atoms with Crippen molar-refractivity contribution >= 4 is 11.9 Å². The molecule has 2 bridgehead atoms. The molecule has 14 heavy (non-hydrogen) atoms. The fourth-order valence-electron chi connectivity index (χ4n) is 2.88. The number of aliphatic carboxylic acids is 1. The molecule has 2 unspecified atom stereocenters. The summed E-state index contributed by atoms with van der Waals surface area (Å²) in [4.78, 5) is 24.0. The van der Waals surface area contributed by atoms with Crippen LogP contribution in [0.4, 0.5) is 0 Å². The van der Waals surface area contributed by atoms with E-state index >= 15 is 0 Å². The smallest absolute Gasteiger partial charge is 0.307 e. The Bertz CT molecular complexity index is 263. The molecule has 0 aromatic carbocycles. The third-order valence-electron chi connectivity index (χ3n) is 3.56. The van der Waals surface area contributed by atoms with Crippen LogP contribution in [0.1, 0.15) is 19.8 Å². The second-order valence-corrected chi connectivity index (χ2v) is 4.39. The number of hydrogen-bond donors (Lipinski definition) is 1. The van der Waals surface area contributed by atoms with Gasteiger partial charge in [0.2, 0.25) is 5.91 Å². The molecular weight excluding hydrogens is 182 g/mol. The second-order valence-electron chi connectivity index (χ2n) is 4.39. The zero-order valence-electron chi connectivity index (χ0n) is 8.27. The highest BCUT2D eigenvalue weighted by Gasteiger charge is 2.46. The van der Waals surface area contributed by atoms with E-state index in [1.54, 1.807) is 11.8 Å². The number of carbonyl (C=O) groups excluding carboxylic acids is 1. The van der Waals surface area contributed by atoms with Gasteiger partial charge in [-0.3, -0.25) is 9.59 Å². The topological polar surface area (TPSA) is 57.6 Å². The largest absolute Gasteiger partial charge is 0.481 e. The van der Waals surface area contributed by atoms with E-state index in [2.05, 4.69) is 0 Å². The van der Waals surface area contributed by atoms with Gasteiger partial charge in [-0.25, -0.2) is 0 Å². The number of carbonyl (C=O) groups is 2. The Balaban J connectivity index is 2.12. The first-order chi connectivity index (χ1) is 6.59. The summed E-state index contributed by atoms with van der Waals surface area (Å²) in [5.41, 5.74) is 0. The average molecular weight is 197 g/mol. The van der Waals surface area contributed by atoms with Crippen molar-refractivity contribution in [2.75, 3.05) is 13.1 Å². The Kier molecular flexibility index (Phi) is 2.21. The molecule has 1 amide bonds. The quantitative estimate of drug-likeness (QED) is 0.668. The van der Waals surface area contributed by atoms with Crippen LogP contribution in [0.3, 0.4) is 0 Å². The van der Waals surface area contributed by atoms with Gasteiger partial charge in [0.15, 0.2) is 0 Å². The summed E-state index contributed by atoms with van der Waals surface area (Å²) in [6.45, 7) is 2.84. The van der Waals surface area contributed by atoms with Gasteiger partial charge in [-0.15, -0.1) is 0 Å². The first kappa shape index (κ1) is 9.49. The van der Waals surface area contributed by atoms with Crippen molar-refractivity contribution in [2.24, 2.45) is 17.8 Å². The number of carboxylic acids is 1. The number of fused-ring (bicyclic) bond motifs is 2. The Morgan fingerprint density at radius 3 is 2.07 bits per heavy atom. The van der Waals surface area contributed by atoms with Crippen LogP contribution in [-0.2, 0) is 9.59 Å². The van der Waals surface area contributed by atoms with Crippen LogP contribution in [0.15, 0.2) is 0 Å². The molecule has 2 aliphatic rings. The van der Waals surface area contributed by atoms with E-state index in [-0.39, 0.29) is 23.7 Å². The molecule has 0 aromatic rings. The Morgan fingerprint density at radius 1 is 1.21 bits per heavy atom. The number of carboxylic acid groups (broad SMARTS) is 1. The van der Waals surface area contributed by atoms with Crippen molar-refractivity contribution in [3.63, 3.8) is 0 Å². The highest BCUT2D eigenvalue weighted by Crippen LogP contribution is 2.41. The summed E-state index contributed by atoms with van der Waals surface area (Å²) >= 11 is 0. The third-order valence-corrected chi connectivity index (χ3v) is 3.56. The number of piperidine rings is 1. The summed E-state index contributed by atoms with van der Waals surface area (Å²) in [6, 6.07) is 0. The zero-order chi connectivity index (χ0) is 10.3. The molecule has 2 rings (SSSR count). The van der Waals surface area contributed by atoms with E-state index < -0.39 is 5.97 Å². The second kappa shape index (κ2) is 3.26. The maximum atomic E-state index is 11.2. The van der Waals surface area contributed by atoms with Crippen molar-refractivity contribution in [1.82, 2.24) is 4.90 Å². The number of rotatable bonds is 1. The minimum atomic E-state index is -0.680. The van der Waals surface area contributed by atoms with Crippen molar-refractivity contribution in [3.8, 4) is 0 Å². The standard InChI is InChI=1S/C10H15NO3/c1-6(12)11-4-7-2-3-8(5-11)9(7)10(13)14/h7-9H,2-5H2,1H3,(H,13,14). The summed E-state index contributed by atoms with van der Waals surface area (Å²) in [5.74, 6) is -0.428. The van der Waals surface area contributed by atoms with Gasteiger partial charge in [0, 0.05) is 20.0 Å². The number of nitrogens with zero attached hydrogens (tertiary/aromatic N) is 1. The van der Waals surface area contributed by atoms with Gasteiger partial charge in [-0.2, -0.15) is 0 Å². The normalized spacial score (nSPS) is 35.8. The van der Waals surface area contributed by atoms with Crippen LogP contribution in [-0.4, -0.2) is 35.0 Å². The van der Waals surface area contributed by atoms with Gasteiger partial charge < -0.3 is 10.0 Å². The monoisotopic (exact) mass is 197 g/mol. The fraction of sp³-hybridized carbons (Fsp3) is 0.800. The minimum absolute atomic E-state index is 0.0748. The summed E-state index contributed by atoms with van der Waals surface area (Å²) < 4.78 is 0. The van der Waals surface area contributed by atoms with E-state index in [1.807, 2.05) is 0 Å². The van der Waals surface area contributed by atoms with Gasteiger partial charge in [-0.1, -0.05) is 0 Å². The molecule has 0 aromatic heterocycles. The molecule has 0 radical (unpaired) electrons. The van der Waals surface area contributed by atoms with Gasteiger partial charge in [0.05, 0.1) is 5.92 Å². The lowest BCUT2D eigenvalue weighted by molar-refractivity contribution is -0.149. The van der Waals surface area contributed by atoms with Crippen molar-refractivity contribution < 1.29 is 14.7 Å². The van der Waals surface area contributed by atoms with E-state index in [0.717, 1.165) is 12.8 Å². The molecule has 2 fully saturated rings. The van der Waals surface area contributed by atoms with Crippen LogP contribution in [0.5, 0.6) is 0 Å². The van der Waals surface area contributed by atoms with Gasteiger partial charge in [-0.05, 0) is 24.7 Å². The SMILES string of the molecule is CC(=O)N1CC2CCC(C1)C2C(=O)O. The average Bonchev–Trinajstić information content (AvgIpc) is 2.37. The van der Waals surface area contributed by atoms with Crippen LogP contribution >= 0.6 is 0 Å². The Labute approximate surface area is 82.9 Å². The van der Waals surface area contributed by atoms with E-state index in [0.29, 0.717) is 13.1 Å². The first-order valence-electron chi connectivity index (χ1n) is 5.08. The molecule has 2 atom stereocenters. The molecule has 4 nitrogen and oxygen atoms in total. The molecule has 1 saturated carbocycles.